The lowest BCUT2D eigenvalue weighted by molar-refractivity contribution is 0.408. The van der Waals surface area contributed by atoms with E-state index < -0.39 is 0 Å². The third-order valence-electron chi connectivity index (χ3n) is 3.56. The van der Waals surface area contributed by atoms with Crippen LogP contribution in [0.4, 0.5) is 0 Å². The van der Waals surface area contributed by atoms with Gasteiger partial charge in [-0.1, -0.05) is 13.0 Å². The second kappa shape index (κ2) is 8.18. The van der Waals surface area contributed by atoms with Crippen molar-refractivity contribution in [2.75, 3.05) is 26.7 Å². The fourth-order valence-electron chi connectivity index (χ4n) is 2.27. The van der Waals surface area contributed by atoms with Crippen molar-refractivity contribution in [1.29, 1.82) is 0 Å². The molecule has 1 rings (SSSR count). The van der Waals surface area contributed by atoms with Gasteiger partial charge in [-0.25, -0.2) is 0 Å². The Morgan fingerprint density at radius 2 is 2.00 bits per heavy atom. The molecule has 3 heteroatoms. The van der Waals surface area contributed by atoms with Gasteiger partial charge in [0.05, 0.1) is 7.11 Å². The molecule has 0 aliphatic rings. The molecular weight excluding hydrogens is 236 g/mol. The van der Waals surface area contributed by atoms with Crippen LogP contribution >= 0.6 is 0 Å². The number of nitrogens with one attached hydrogen (secondary N) is 1. The van der Waals surface area contributed by atoms with Gasteiger partial charge in [-0.05, 0) is 75.0 Å². The highest BCUT2D eigenvalue weighted by atomic mass is 16.5. The van der Waals surface area contributed by atoms with Gasteiger partial charge in [0.1, 0.15) is 5.75 Å². The summed E-state index contributed by atoms with van der Waals surface area (Å²) in [4.78, 5) is 0. The Balaban J connectivity index is 2.45. The van der Waals surface area contributed by atoms with Gasteiger partial charge in [-0.2, -0.15) is 0 Å². The van der Waals surface area contributed by atoms with Crippen LogP contribution < -0.4 is 15.8 Å². The predicted octanol–water partition coefficient (Wildman–Crippen LogP) is 2.43. The van der Waals surface area contributed by atoms with E-state index >= 15 is 0 Å². The molecule has 0 saturated carbocycles. The number of rotatable bonds is 8. The summed E-state index contributed by atoms with van der Waals surface area (Å²) in [5, 5.41) is 3.48. The van der Waals surface area contributed by atoms with Crippen molar-refractivity contribution in [2.24, 2.45) is 11.7 Å². The smallest absolute Gasteiger partial charge is 0.122 e. The van der Waals surface area contributed by atoms with Crippen LogP contribution in [-0.2, 0) is 6.42 Å². The van der Waals surface area contributed by atoms with E-state index in [0.29, 0.717) is 5.92 Å². The third-order valence-corrected chi connectivity index (χ3v) is 3.56. The number of aryl methyl sites for hydroxylation is 2. The largest absolute Gasteiger partial charge is 0.496 e. The summed E-state index contributed by atoms with van der Waals surface area (Å²) in [6, 6.07) is 4.33. The first kappa shape index (κ1) is 16.0. The topological polar surface area (TPSA) is 47.3 Å². The zero-order valence-electron chi connectivity index (χ0n) is 12.8. The van der Waals surface area contributed by atoms with Crippen LogP contribution in [0.15, 0.2) is 12.1 Å². The van der Waals surface area contributed by atoms with Gasteiger partial charge >= 0.3 is 0 Å². The number of ether oxygens (including phenoxy) is 1. The number of hydrogen-bond donors (Lipinski definition) is 2. The molecule has 0 radical (unpaired) electrons. The summed E-state index contributed by atoms with van der Waals surface area (Å²) < 4.78 is 5.48. The molecule has 1 atom stereocenters. The Morgan fingerprint density at radius 1 is 1.26 bits per heavy atom. The maximum absolute atomic E-state index is 5.61. The quantitative estimate of drug-likeness (QED) is 0.709. The minimum atomic E-state index is 0.600. The van der Waals surface area contributed by atoms with E-state index in [4.69, 9.17) is 10.5 Å². The Kier molecular flexibility index (Phi) is 6.89. The molecule has 1 unspecified atom stereocenters. The van der Waals surface area contributed by atoms with Crippen LogP contribution in [0, 0.1) is 19.8 Å². The molecule has 1 aromatic carbocycles. The van der Waals surface area contributed by atoms with Gasteiger partial charge in [0.2, 0.25) is 0 Å². The number of methoxy groups -OCH3 is 1. The second-order valence-corrected chi connectivity index (χ2v) is 5.39. The molecule has 0 aromatic heterocycles. The normalized spacial score (nSPS) is 12.5. The van der Waals surface area contributed by atoms with Crippen LogP contribution in [0.3, 0.4) is 0 Å². The first-order valence-corrected chi connectivity index (χ1v) is 7.13. The average Bonchev–Trinajstić information content (AvgIpc) is 2.39. The van der Waals surface area contributed by atoms with Crippen molar-refractivity contribution < 1.29 is 4.74 Å². The fourth-order valence-corrected chi connectivity index (χ4v) is 2.27. The molecule has 3 nitrogen and oxygen atoms in total. The van der Waals surface area contributed by atoms with Crippen LogP contribution in [0.1, 0.15) is 30.0 Å². The van der Waals surface area contributed by atoms with Gasteiger partial charge in [-0.15, -0.1) is 0 Å². The highest BCUT2D eigenvalue weighted by Crippen LogP contribution is 2.24. The van der Waals surface area contributed by atoms with E-state index in [-0.39, 0.29) is 0 Å². The van der Waals surface area contributed by atoms with Gasteiger partial charge in [0.15, 0.2) is 0 Å². The Hall–Kier alpha value is -1.06. The van der Waals surface area contributed by atoms with Crippen LogP contribution in [0.25, 0.3) is 0 Å². The van der Waals surface area contributed by atoms with Crippen molar-refractivity contribution >= 4 is 0 Å². The maximum atomic E-state index is 5.61. The molecule has 0 amide bonds. The van der Waals surface area contributed by atoms with Crippen LogP contribution in [-0.4, -0.2) is 26.7 Å². The predicted molar refractivity (Wildman–Crippen MR) is 81.9 cm³/mol. The molecule has 0 bridgehead atoms. The number of benzene rings is 1. The molecule has 0 saturated heterocycles. The molecular formula is C16H28N2O. The van der Waals surface area contributed by atoms with E-state index in [1.807, 2.05) is 0 Å². The maximum Gasteiger partial charge on any atom is 0.122 e. The highest BCUT2D eigenvalue weighted by molar-refractivity contribution is 5.43. The van der Waals surface area contributed by atoms with E-state index in [9.17, 15) is 0 Å². The van der Waals surface area contributed by atoms with Crippen molar-refractivity contribution in [1.82, 2.24) is 5.32 Å². The zero-order chi connectivity index (χ0) is 14.3. The lowest BCUT2D eigenvalue weighted by Crippen LogP contribution is -2.23. The summed E-state index contributed by atoms with van der Waals surface area (Å²) >= 11 is 0. The Morgan fingerprint density at radius 3 is 2.63 bits per heavy atom. The molecule has 3 N–H and O–H groups in total. The second-order valence-electron chi connectivity index (χ2n) is 5.39. The van der Waals surface area contributed by atoms with Gasteiger partial charge in [0, 0.05) is 0 Å². The number of hydrogen-bond acceptors (Lipinski definition) is 3. The van der Waals surface area contributed by atoms with E-state index in [0.717, 1.165) is 38.2 Å². The van der Waals surface area contributed by atoms with Gasteiger partial charge in [-0.3, -0.25) is 0 Å². The lowest BCUT2D eigenvalue weighted by atomic mass is 10.0. The number of nitrogens with two attached hydrogens (primary N) is 1. The first-order valence-electron chi connectivity index (χ1n) is 7.13. The van der Waals surface area contributed by atoms with Gasteiger partial charge in [0.25, 0.3) is 0 Å². The monoisotopic (exact) mass is 264 g/mol. The van der Waals surface area contributed by atoms with Crippen LogP contribution in [0.2, 0.25) is 0 Å². The molecule has 0 fully saturated rings. The Bertz CT molecular complexity index is 391. The summed E-state index contributed by atoms with van der Waals surface area (Å²) in [6.07, 6.45) is 2.15. The molecule has 0 heterocycles. The zero-order valence-corrected chi connectivity index (χ0v) is 12.8. The van der Waals surface area contributed by atoms with Crippen LogP contribution in [0.5, 0.6) is 5.75 Å². The summed E-state index contributed by atoms with van der Waals surface area (Å²) in [7, 11) is 1.74. The minimum absolute atomic E-state index is 0.600. The molecule has 0 spiro atoms. The standard InChI is InChI=1S/C16H28N2O/c1-12(11-17)5-7-18-8-6-15-14(3)9-13(2)10-16(15)19-4/h9-10,12,18H,5-8,11,17H2,1-4H3. The molecule has 108 valence electrons. The summed E-state index contributed by atoms with van der Waals surface area (Å²) in [6.45, 7) is 9.23. The lowest BCUT2D eigenvalue weighted by Gasteiger charge is -2.14. The first-order chi connectivity index (χ1) is 9.08. The van der Waals surface area contributed by atoms with Crippen molar-refractivity contribution in [2.45, 2.75) is 33.6 Å². The minimum Gasteiger partial charge on any atom is -0.496 e. The van der Waals surface area contributed by atoms with E-state index in [1.165, 1.54) is 16.7 Å². The van der Waals surface area contributed by atoms with Gasteiger partial charge < -0.3 is 15.8 Å². The fraction of sp³-hybridized carbons (Fsp3) is 0.625. The van der Waals surface area contributed by atoms with E-state index in [2.05, 4.69) is 38.2 Å². The Labute approximate surface area is 117 Å². The third kappa shape index (κ3) is 5.21. The van der Waals surface area contributed by atoms with E-state index in [1.54, 1.807) is 7.11 Å². The molecule has 0 aliphatic heterocycles. The van der Waals surface area contributed by atoms with Crippen molar-refractivity contribution in [3.05, 3.63) is 28.8 Å². The highest BCUT2D eigenvalue weighted by Gasteiger charge is 2.07. The summed E-state index contributed by atoms with van der Waals surface area (Å²) in [5.41, 5.74) is 9.48. The molecule has 1 aromatic rings. The summed E-state index contributed by atoms with van der Waals surface area (Å²) in [5.74, 6) is 1.61. The average molecular weight is 264 g/mol. The molecule has 19 heavy (non-hydrogen) atoms. The SMILES string of the molecule is COc1cc(C)cc(C)c1CCNCCC(C)CN. The van der Waals surface area contributed by atoms with Crippen molar-refractivity contribution in [3.8, 4) is 5.75 Å². The molecule has 0 aliphatic carbocycles. The van der Waals surface area contributed by atoms with Crippen molar-refractivity contribution in [3.63, 3.8) is 0 Å².